The Hall–Kier alpha value is -1.75. The lowest BCUT2D eigenvalue weighted by Gasteiger charge is -2.20. The summed E-state index contributed by atoms with van der Waals surface area (Å²) in [4.78, 5) is 1.63. The molecule has 108 valence electrons. The lowest BCUT2D eigenvalue weighted by molar-refractivity contribution is 0.336. The fourth-order valence-electron chi connectivity index (χ4n) is 2.12. The number of aryl methyl sites for hydroxylation is 2. The fourth-order valence-corrected chi connectivity index (χ4v) is 2.12. The fraction of sp³-hybridized carbons (Fsp3) is 0.533. The highest BCUT2D eigenvalue weighted by Crippen LogP contribution is 2.25. The maximum Gasteiger partial charge on any atom is 0.191 e. The first-order valence-corrected chi connectivity index (χ1v) is 7.01. The molecule has 1 aromatic carbocycles. The molecule has 1 aromatic heterocycles. The van der Waals surface area contributed by atoms with Crippen molar-refractivity contribution in [2.45, 2.75) is 46.2 Å². The Morgan fingerprint density at radius 2 is 1.90 bits per heavy atom. The van der Waals surface area contributed by atoms with Crippen LogP contribution in [0.2, 0.25) is 0 Å². The van der Waals surface area contributed by atoms with Crippen molar-refractivity contribution in [2.24, 2.45) is 11.1 Å². The Labute approximate surface area is 120 Å². The van der Waals surface area contributed by atoms with Gasteiger partial charge < -0.3 is 5.73 Å². The Bertz CT molecular complexity index is 527. The SMILES string of the molecule is CC(C)(C)C[C@H](N)c1nnn(CCc2ccccc2)n1. The summed E-state index contributed by atoms with van der Waals surface area (Å²) in [6, 6.07) is 10.1. The molecule has 0 bridgehead atoms. The van der Waals surface area contributed by atoms with Gasteiger partial charge in [-0.2, -0.15) is 4.80 Å². The van der Waals surface area contributed by atoms with Crippen LogP contribution in [0.3, 0.4) is 0 Å². The predicted octanol–water partition coefficient (Wildman–Crippen LogP) is 2.35. The summed E-state index contributed by atoms with van der Waals surface area (Å²) >= 11 is 0. The van der Waals surface area contributed by atoms with Gasteiger partial charge in [-0.1, -0.05) is 51.1 Å². The van der Waals surface area contributed by atoms with Crippen LogP contribution in [0.1, 0.15) is 44.6 Å². The molecule has 0 spiro atoms. The molecule has 1 heterocycles. The lowest BCUT2D eigenvalue weighted by Crippen LogP contribution is -2.20. The van der Waals surface area contributed by atoms with Gasteiger partial charge in [-0.15, -0.1) is 10.2 Å². The molecule has 0 saturated heterocycles. The number of hydrogen-bond donors (Lipinski definition) is 1. The van der Waals surface area contributed by atoms with E-state index in [-0.39, 0.29) is 11.5 Å². The Kier molecular flexibility index (Phi) is 4.49. The van der Waals surface area contributed by atoms with Crippen LogP contribution in [-0.4, -0.2) is 20.2 Å². The molecular weight excluding hydrogens is 250 g/mol. The van der Waals surface area contributed by atoms with Crippen molar-refractivity contribution in [2.75, 3.05) is 0 Å². The average molecular weight is 273 g/mol. The molecule has 0 radical (unpaired) electrons. The number of aromatic nitrogens is 4. The van der Waals surface area contributed by atoms with E-state index < -0.39 is 0 Å². The number of tetrazole rings is 1. The van der Waals surface area contributed by atoms with E-state index in [1.807, 2.05) is 18.2 Å². The maximum absolute atomic E-state index is 6.12. The minimum atomic E-state index is -0.152. The summed E-state index contributed by atoms with van der Waals surface area (Å²) in [5.41, 5.74) is 7.55. The van der Waals surface area contributed by atoms with E-state index in [1.54, 1.807) is 4.80 Å². The molecule has 2 N–H and O–H groups in total. The summed E-state index contributed by atoms with van der Waals surface area (Å²) in [7, 11) is 0. The highest BCUT2D eigenvalue weighted by molar-refractivity contribution is 5.14. The smallest absolute Gasteiger partial charge is 0.191 e. The van der Waals surface area contributed by atoms with Crippen molar-refractivity contribution in [3.63, 3.8) is 0 Å². The molecule has 5 nitrogen and oxygen atoms in total. The molecule has 2 rings (SSSR count). The van der Waals surface area contributed by atoms with Gasteiger partial charge in [-0.25, -0.2) is 0 Å². The number of rotatable bonds is 5. The van der Waals surface area contributed by atoms with Gasteiger partial charge in [0.25, 0.3) is 0 Å². The number of hydrogen-bond acceptors (Lipinski definition) is 4. The van der Waals surface area contributed by atoms with Crippen LogP contribution >= 0.6 is 0 Å². The topological polar surface area (TPSA) is 69.6 Å². The zero-order valence-electron chi connectivity index (χ0n) is 12.5. The van der Waals surface area contributed by atoms with Gasteiger partial charge in [0.1, 0.15) is 0 Å². The molecule has 0 amide bonds. The van der Waals surface area contributed by atoms with E-state index >= 15 is 0 Å². The van der Waals surface area contributed by atoms with Gasteiger partial charge in [0.2, 0.25) is 0 Å². The van der Waals surface area contributed by atoms with Gasteiger partial charge in [-0.3, -0.25) is 0 Å². The van der Waals surface area contributed by atoms with E-state index in [1.165, 1.54) is 5.56 Å². The Balaban J connectivity index is 1.92. The minimum Gasteiger partial charge on any atom is -0.321 e. The molecule has 1 atom stereocenters. The molecule has 5 heteroatoms. The Morgan fingerprint density at radius 3 is 2.55 bits per heavy atom. The monoisotopic (exact) mass is 273 g/mol. The van der Waals surface area contributed by atoms with E-state index in [0.717, 1.165) is 19.4 Å². The number of nitrogens with two attached hydrogens (primary N) is 1. The van der Waals surface area contributed by atoms with Gasteiger partial charge in [0.15, 0.2) is 5.82 Å². The predicted molar refractivity (Wildman–Crippen MR) is 79.0 cm³/mol. The van der Waals surface area contributed by atoms with Crippen molar-refractivity contribution in [3.05, 3.63) is 41.7 Å². The molecule has 2 aromatic rings. The van der Waals surface area contributed by atoms with E-state index in [4.69, 9.17) is 5.73 Å². The van der Waals surface area contributed by atoms with Crippen LogP contribution in [0, 0.1) is 5.41 Å². The van der Waals surface area contributed by atoms with Crippen molar-refractivity contribution in [3.8, 4) is 0 Å². The molecule has 0 aliphatic rings. The molecule has 0 fully saturated rings. The first-order valence-electron chi connectivity index (χ1n) is 7.01. The zero-order chi connectivity index (χ0) is 14.6. The van der Waals surface area contributed by atoms with Crippen LogP contribution in [-0.2, 0) is 13.0 Å². The first kappa shape index (κ1) is 14.7. The van der Waals surface area contributed by atoms with E-state index in [9.17, 15) is 0 Å². The lowest BCUT2D eigenvalue weighted by atomic mass is 9.88. The van der Waals surface area contributed by atoms with E-state index in [0.29, 0.717) is 5.82 Å². The molecule has 0 saturated carbocycles. The van der Waals surface area contributed by atoms with Gasteiger partial charge in [0, 0.05) is 0 Å². The second-order valence-corrected chi connectivity index (χ2v) is 6.35. The summed E-state index contributed by atoms with van der Waals surface area (Å²) in [5, 5.41) is 12.5. The average Bonchev–Trinajstić information content (AvgIpc) is 2.84. The van der Waals surface area contributed by atoms with Gasteiger partial charge >= 0.3 is 0 Å². The Morgan fingerprint density at radius 1 is 1.20 bits per heavy atom. The zero-order valence-corrected chi connectivity index (χ0v) is 12.5. The van der Waals surface area contributed by atoms with Crippen molar-refractivity contribution in [1.82, 2.24) is 20.2 Å². The van der Waals surface area contributed by atoms with Crippen LogP contribution in [0.25, 0.3) is 0 Å². The molecule has 0 aliphatic carbocycles. The summed E-state index contributed by atoms with van der Waals surface area (Å²) in [6.45, 7) is 7.20. The summed E-state index contributed by atoms with van der Waals surface area (Å²) < 4.78 is 0. The van der Waals surface area contributed by atoms with Crippen molar-refractivity contribution in [1.29, 1.82) is 0 Å². The van der Waals surface area contributed by atoms with Crippen molar-refractivity contribution >= 4 is 0 Å². The standard InChI is InChI=1S/C15H23N5/c1-15(2,3)11-13(16)14-17-19-20(18-14)10-9-12-7-5-4-6-8-12/h4-8,13H,9-11,16H2,1-3H3/t13-/m0/s1. The molecule has 0 unspecified atom stereocenters. The van der Waals surface area contributed by atoms with E-state index in [2.05, 4.69) is 48.3 Å². The first-order chi connectivity index (χ1) is 9.44. The highest BCUT2D eigenvalue weighted by Gasteiger charge is 2.20. The quantitative estimate of drug-likeness (QED) is 0.908. The van der Waals surface area contributed by atoms with Crippen molar-refractivity contribution < 1.29 is 0 Å². The summed E-state index contributed by atoms with van der Waals surface area (Å²) in [5.74, 6) is 0.632. The van der Waals surface area contributed by atoms with Gasteiger partial charge in [0.05, 0.1) is 12.6 Å². The van der Waals surface area contributed by atoms with Gasteiger partial charge in [-0.05, 0) is 29.0 Å². The maximum atomic E-state index is 6.12. The largest absolute Gasteiger partial charge is 0.321 e. The second-order valence-electron chi connectivity index (χ2n) is 6.35. The summed E-state index contributed by atoms with van der Waals surface area (Å²) in [6.07, 6.45) is 1.74. The molecular formula is C15H23N5. The second kappa shape index (κ2) is 6.13. The normalized spacial score (nSPS) is 13.4. The number of nitrogens with zero attached hydrogens (tertiary/aromatic N) is 4. The van der Waals surface area contributed by atoms with Crippen LogP contribution in [0.5, 0.6) is 0 Å². The highest BCUT2D eigenvalue weighted by atomic mass is 15.6. The van der Waals surface area contributed by atoms with Crippen LogP contribution in [0.15, 0.2) is 30.3 Å². The molecule has 20 heavy (non-hydrogen) atoms. The van der Waals surface area contributed by atoms with Crippen LogP contribution in [0.4, 0.5) is 0 Å². The minimum absolute atomic E-state index is 0.152. The third-order valence-electron chi connectivity index (χ3n) is 3.08. The van der Waals surface area contributed by atoms with Crippen LogP contribution < -0.4 is 5.73 Å². The third kappa shape index (κ3) is 4.42. The number of benzene rings is 1. The third-order valence-corrected chi connectivity index (χ3v) is 3.08. The molecule has 0 aliphatic heterocycles.